The molecule has 8 heteroatoms. The first-order valence-corrected chi connectivity index (χ1v) is 8.77. The molecule has 0 spiro atoms. The highest BCUT2D eigenvalue weighted by Gasteiger charge is 2.62. The van der Waals surface area contributed by atoms with Crippen LogP contribution in [0.3, 0.4) is 0 Å². The quantitative estimate of drug-likeness (QED) is 0.558. The van der Waals surface area contributed by atoms with E-state index in [-0.39, 0.29) is 16.3 Å². The summed E-state index contributed by atoms with van der Waals surface area (Å²) in [6.45, 7) is 3.64. The normalized spacial score (nSPS) is 19.6. The Morgan fingerprint density at radius 3 is 2.59 bits per heavy atom. The summed E-state index contributed by atoms with van der Waals surface area (Å²) in [6.07, 6.45) is -4.39. The van der Waals surface area contributed by atoms with Crippen molar-refractivity contribution in [2.45, 2.75) is 38.5 Å². The van der Waals surface area contributed by atoms with Crippen LogP contribution in [0.1, 0.15) is 35.6 Å². The summed E-state index contributed by atoms with van der Waals surface area (Å²) < 4.78 is 42.1. The van der Waals surface area contributed by atoms with Crippen LogP contribution >= 0.6 is 11.6 Å². The van der Waals surface area contributed by atoms with E-state index in [4.69, 9.17) is 22.3 Å². The van der Waals surface area contributed by atoms with Gasteiger partial charge in [-0.3, -0.25) is 5.84 Å². The second-order valence-electron chi connectivity index (χ2n) is 6.52. The molecule has 0 aliphatic carbocycles. The Morgan fingerprint density at radius 2 is 2.00 bits per heavy atom. The molecule has 2 aromatic rings. The maximum Gasteiger partial charge on any atom is 0.435 e. The lowest BCUT2D eigenvalue weighted by molar-refractivity contribution is -0.275. The summed E-state index contributed by atoms with van der Waals surface area (Å²) in [5.41, 5.74) is 2.85. The van der Waals surface area contributed by atoms with Gasteiger partial charge in [0, 0.05) is 22.6 Å². The van der Waals surface area contributed by atoms with Crippen LogP contribution in [0.2, 0.25) is 5.02 Å². The van der Waals surface area contributed by atoms with Crippen LogP contribution in [-0.2, 0) is 16.9 Å². The van der Waals surface area contributed by atoms with Crippen molar-refractivity contribution in [3.8, 4) is 0 Å². The van der Waals surface area contributed by atoms with Crippen molar-refractivity contribution in [3.05, 3.63) is 63.7 Å². The summed E-state index contributed by atoms with van der Waals surface area (Å²) in [6, 6.07) is 9.49. The summed E-state index contributed by atoms with van der Waals surface area (Å²) in [4.78, 5) is 5.05. The minimum Gasteiger partial charge on any atom is -0.374 e. The topological polar surface area (TPSA) is 59.6 Å². The highest BCUT2D eigenvalue weighted by Crippen LogP contribution is 2.49. The fraction of sp³-hybridized carbons (Fsp3) is 0.316. The smallest absolute Gasteiger partial charge is 0.374 e. The van der Waals surface area contributed by atoms with E-state index in [9.17, 15) is 13.2 Å². The number of hydrogen-bond donors (Lipinski definition) is 2. The van der Waals surface area contributed by atoms with Crippen LogP contribution in [0, 0.1) is 6.92 Å². The fourth-order valence-corrected chi connectivity index (χ4v) is 3.52. The Labute approximate surface area is 160 Å². The van der Waals surface area contributed by atoms with Crippen molar-refractivity contribution in [1.29, 1.82) is 0 Å². The number of halogens is 4. The van der Waals surface area contributed by atoms with E-state index in [1.54, 1.807) is 25.1 Å². The molecule has 1 aliphatic heterocycles. The second kappa shape index (κ2) is 7.05. The molecule has 4 nitrogen and oxygen atoms in total. The van der Waals surface area contributed by atoms with Gasteiger partial charge >= 0.3 is 6.18 Å². The van der Waals surface area contributed by atoms with Crippen LogP contribution in [0.25, 0.3) is 0 Å². The van der Waals surface area contributed by atoms with Crippen molar-refractivity contribution in [2.75, 3.05) is 5.43 Å². The Balaban J connectivity index is 2.02. The molecule has 1 aliphatic rings. The number of benzene rings is 2. The lowest BCUT2D eigenvalue weighted by Crippen LogP contribution is -2.42. The number of rotatable bonds is 4. The molecule has 144 valence electrons. The van der Waals surface area contributed by atoms with Crippen molar-refractivity contribution >= 4 is 23.0 Å². The first-order valence-electron chi connectivity index (χ1n) is 8.39. The first-order chi connectivity index (χ1) is 12.7. The molecule has 1 heterocycles. The molecule has 1 atom stereocenters. The zero-order valence-corrected chi connectivity index (χ0v) is 15.6. The lowest BCUT2D eigenvalue weighted by Gasteiger charge is -2.29. The third-order valence-corrected chi connectivity index (χ3v) is 4.89. The van der Waals surface area contributed by atoms with E-state index in [0.717, 1.165) is 12.0 Å². The van der Waals surface area contributed by atoms with Gasteiger partial charge in [0.2, 0.25) is 0 Å². The van der Waals surface area contributed by atoms with Crippen LogP contribution < -0.4 is 11.3 Å². The number of anilines is 1. The van der Waals surface area contributed by atoms with Crippen molar-refractivity contribution < 1.29 is 18.0 Å². The molecule has 2 aromatic carbocycles. The van der Waals surface area contributed by atoms with Gasteiger partial charge < -0.3 is 10.3 Å². The molecule has 0 aromatic heterocycles. The van der Waals surface area contributed by atoms with Crippen molar-refractivity contribution in [1.82, 2.24) is 0 Å². The van der Waals surface area contributed by atoms with Crippen LogP contribution in [-0.4, -0.2) is 11.9 Å². The molecule has 1 unspecified atom stereocenters. The maximum atomic E-state index is 14.0. The standard InChI is InChI=1S/C19H19ClF3N3O/c1-3-12-4-5-13(8-16(12)25-24)17-10-18(27-26-17,19(21,22)23)14-6-11(2)7-15(20)9-14/h4-9,25H,3,10,24H2,1-2H3. The Kier molecular flexibility index (Phi) is 5.10. The molecule has 0 amide bonds. The molecule has 0 saturated carbocycles. The molecule has 0 radical (unpaired) electrons. The monoisotopic (exact) mass is 397 g/mol. The van der Waals surface area contributed by atoms with Gasteiger partial charge in [0.25, 0.3) is 5.60 Å². The second-order valence-corrected chi connectivity index (χ2v) is 6.95. The predicted octanol–water partition coefficient (Wildman–Crippen LogP) is 5.08. The minimum absolute atomic E-state index is 0.0684. The van der Waals surface area contributed by atoms with Gasteiger partial charge in [0.1, 0.15) is 0 Å². The maximum absolute atomic E-state index is 14.0. The molecular weight excluding hydrogens is 379 g/mol. The summed E-state index contributed by atoms with van der Waals surface area (Å²) in [5, 5.41) is 3.99. The number of hydrazine groups is 1. The number of nitrogens with one attached hydrogen (secondary N) is 1. The van der Waals surface area contributed by atoms with Crippen LogP contribution in [0.5, 0.6) is 0 Å². The number of nitrogens with zero attached hydrogens (tertiary/aromatic N) is 1. The number of aryl methyl sites for hydroxylation is 2. The lowest BCUT2D eigenvalue weighted by atomic mass is 9.85. The summed E-state index contributed by atoms with van der Waals surface area (Å²) >= 11 is 5.98. The highest BCUT2D eigenvalue weighted by molar-refractivity contribution is 6.30. The summed E-state index contributed by atoms with van der Waals surface area (Å²) in [7, 11) is 0. The Morgan fingerprint density at radius 1 is 1.26 bits per heavy atom. The van der Waals surface area contributed by atoms with Gasteiger partial charge in [-0.2, -0.15) is 13.2 Å². The molecular formula is C19H19ClF3N3O. The molecule has 27 heavy (non-hydrogen) atoms. The number of oxime groups is 1. The number of alkyl halides is 3. The van der Waals surface area contributed by atoms with Crippen LogP contribution in [0.4, 0.5) is 18.9 Å². The van der Waals surface area contributed by atoms with Gasteiger partial charge in [-0.05, 0) is 42.7 Å². The number of hydrogen-bond acceptors (Lipinski definition) is 4. The van der Waals surface area contributed by atoms with E-state index in [2.05, 4.69) is 10.6 Å². The van der Waals surface area contributed by atoms with E-state index >= 15 is 0 Å². The van der Waals surface area contributed by atoms with E-state index in [0.29, 0.717) is 16.8 Å². The van der Waals surface area contributed by atoms with Crippen molar-refractivity contribution in [2.24, 2.45) is 11.0 Å². The third-order valence-electron chi connectivity index (χ3n) is 4.67. The molecule has 0 fully saturated rings. The molecule has 0 saturated heterocycles. The van der Waals surface area contributed by atoms with Gasteiger partial charge in [-0.1, -0.05) is 41.9 Å². The van der Waals surface area contributed by atoms with Gasteiger partial charge in [0.15, 0.2) is 0 Å². The first kappa shape index (κ1) is 19.5. The SMILES string of the molecule is CCc1ccc(C2=NOC(c3cc(C)cc(Cl)c3)(C(F)(F)F)C2)cc1NN. The predicted molar refractivity (Wildman–Crippen MR) is 99.8 cm³/mol. The van der Waals surface area contributed by atoms with Gasteiger partial charge in [-0.25, -0.2) is 0 Å². The van der Waals surface area contributed by atoms with E-state index in [1.165, 1.54) is 12.1 Å². The van der Waals surface area contributed by atoms with E-state index < -0.39 is 18.2 Å². The number of nitrogens with two attached hydrogens (primary N) is 1. The average molecular weight is 398 g/mol. The van der Waals surface area contributed by atoms with Gasteiger partial charge in [-0.15, -0.1) is 0 Å². The minimum atomic E-state index is -4.67. The molecule has 3 rings (SSSR count). The van der Waals surface area contributed by atoms with Crippen molar-refractivity contribution in [3.63, 3.8) is 0 Å². The zero-order valence-electron chi connectivity index (χ0n) is 14.8. The average Bonchev–Trinajstić information content (AvgIpc) is 3.07. The third kappa shape index (κ3) is 3.49. The molecule has 0 bridgehead atoms. The van der Waals surface area contributed by atoms with Crippen LogP contribution in [0.15, 0.2) is 41.6 Å². The largest absolute Gasteiger partial charge is 0.435 e. The Hall–Kier alpha value is -2.25. The summed E-state index contributed by atoms with van der Waals surface area (Å²) in [5.74, 6) is 5.52. The zero-order chi connectivity index (χ0) is 19.8. The van der Waals surface area contributed by atoms with E-state index in [1.807, 2.05) is 13.0 Å². The molecule has 3 N–H and O–H groups in total. The highest BCUT2D eigenvalue weighted by atomic mass is 35.5. The van der Waals surface area contributed by atoms with Gasteiger partial charge in [0.05, 0.1) is 11.4 Å². The Bertz CT molecular complexity index is 878. The fourth-order valence-electron chi connectivity index (χ4n) is 3.23. The number of nitrogen functional groups attached to an aromatic ring is 1.